The Balaban J connectivity index is 2.25. The monoisotopic (exact) mass is 308 g/mol. The molecule has 1 aromatic carbocycles. The highest BCUT2D eigenvalue weighted by Crippen LogP contribution is 2.18. The van der Waals surface area contributed by atoms with Crippen LogP contribution in [0.15, 0.2) is 23.1 Å². The molecule has 0 aliphatic carbocycles. The van der Waals surface area contributed by atoms with Crippen LogP contribution in [0, 0.1) is 18.8 Å². The van der Waals surface area contributed by atoms with Crippen molar-refractivity contribution in [3.63, 3.8) is 0 Å². The number of ether oxygens (including phenoxy) is 1. The van der Waals surface area contributed by atoms with Crippen molar-refractivity contribution in [3.05, 3.63) is 29.3 Å². The number of aryl methyl sites for hydroxylation is 1. The Kier molecular flexibility index (Phi) is 5.37. The molecule has 6 heteroatoms. The molecule has 1 aliphatic heterocycles. The molecule has 0 aromatic heterocycles. The van der Waals surface area contributed by atoms with Gasteiger partial charge in [-0.05, 0) is 37.5 Å². The van der Waals surface area contributed by atoms with Crippen LogP contribution in [0.5, 0.6) is 0 Å². The number of hydrogen-bond donors (Lipinski definition) is 2. The van der Waals surface area contributed by atoms with Crippen LogP contribution in [0.25, 0.3) is 0 Å². The van der Waals surface area contributed by atoms with Crippen molar-refractivity contribution < 1.29 is 13.2 Å². The lowest BCUT2D eigenvalue weighted by atomic mass is 10.1. The molecule has 0 saturated carbocycles. The molecule has 114 valence electrons. The van der Waals surface area contributed by atoms with E-state index in [0.29, 0.717) is 37.2 Å². The predicted molar refractivity (Wildman–Crippen MR) is 81.3 cm³/mol. The van der Waals surface area contributed by atoms with Gasteiger partial charge in [0.25, 0.3) is 0 Å². The maximum absolute atomic E-state index is 12.5. The molecule has 5 nitrogen and oxygen atoms in total. The van der Waals surface area contributed by atoms with Crippen molar-refractivity contribution in [2.45, 2.75) is 30.7 Å². The van der Waals surface area contributed by atoms with Gasteiger partial charge in [0.1, 0.15) is 0 Å². The summed E-state index contributed by atoms with van der Waals surface area (Å²) in [4.78, 5) is 0.276. The summed E-state index contributed by atoms with van der Waals surface area (Å²) in [5, 5.41) is 0. The van der Waals surface area contributed by atoms with Gasteiger partial charge in [-0.25, -0.2) is 13.1 Å². The maximum Gasteiger partial charge on any atom is 0.241 e. The van der Waals surface area contributed by atoms with Gasteiger partial charge >= 0.3 is 0 Å². The molecule has 0 bridgehead atoms. The van der Waals surface area contributed by atoms with E-state index in [1.165, 1.54) is 0 Å². The van der Waals surface area contributed by atoms with Crippen molar-refractivity contribution in [2.24, 2.45) is 5.73 Å². The largest absolute Gasteiger partial charge is 0.381 e. The van der Waals surface area contributed by atoms with Gasteiger partial charge in [0.2, 0.25) is 10.0 Å². The fourth-order valence-electron chi connectivity index (χ4n) is 2.22. The summed E-state index contributed by atoms with van der Waals surface area (Å²) < 4.78 is 33.0. The summed E-state index contributed by atoms with van der Waals surface area (Å²) in [6, 6.07) is 5.09. The van der Waals surface area contributed by atoms with Gasteiger partial charge in [0, 0.05) is 24.8 Å². The minimum absolute atomic E-state index is 0.0677. The van der Waals surface area contributed by atoms with Crippen LogP contribution in [0.2, 0.25) is 0 Å². The van der Waals surface area contributed by atoms with E-state index in [0.717, 1.165) is 0 Å². The van der Waals surface area contributed by atoms with Crippen LogP contribution < -0.4 is 10.5 Å². The van der Waals surface area contributed by atoms with Crippen molar-refractivity contribution in [3.8, 4) is 11.8 Å². The van der Waals surface area contributed by atoms with Crippen LogP contribution >= 0.6 is 0 Å². The first-order chi connectivity index (χ1) is 10.0. The molecule has 2 rings (SSSR count). The van der Waals surface area contributed by atoms with Crippen LogP contribution in [0.4, 0.5) is 0 Å². The van der Waals surface area contributed by atoms with Gasteiger partial charge in [-0.3, -0.25) is 0 Å². The van der Waals surface area contributed by atoms with Gasteiger partial charge in [0.05, 0.1) is 11.4 Å². The molecule has 3 N–H and O–H groups in total. The van der Waals surface area contributed by atoms with E-state index in [2.05, 4.69) is 16.6 Å². The van der Waals surface area contributed by atoms with Gasteiger partial charge in [-0.1, -0.05) is 17.9 Å². The molecule has 1 aromatic rings. The molecule has 0 radical (unpaired) electrons. The van der Waals surface area contributed by atoms with E-state index in [1.54, 1.807) is 25.1 Å². The average molecular weight is 308 g/mol. The topological polar surface area (TPSA) is 81.4 Å². The van der Waals surface area contributed by atoms with Crippen molar-refractivity contribution in [1.29, 1.82) is 0 Å². The highest BCUT2D eigenvalue weighted by molar-refractivity contribution is 7.89. The molecular weight excluding hydrogens is 288 g/mol. The number of benzene rings is 1. The summed E-state index contributed by atoms with van der Waals surface area (Å²) in [7, 11) is -3.54. The third-order valence-electron chi connectivity index (χ3n) is 3.36. The Morgan fingerprint density at radius 3 is 2.76 bits per heavy atom. The maximum atomic E-state index is 12.5. The molecule has 1 heterocycles. The lowest BCUT2D eigenvalue weighted by molar-refractivity contribution is 0.0832. The summed E-state index contributed by atoms with van der Waals surface area (Å²) in [5.74, 6) is 5.59. The fourth-order valence-corrected chi connectivity index (χ4v) is 3.79. The van der Waals surface area contributed by atoms with Crippen LogP contribution in [0.3, 0.4) is 0 Å². The summed E-state index contributed by atoms with van der Waals surface area (Å²) >= 11 is 0. The highest BCUT2D eigenvalue weighted by atomic mass is 32.2. The lowest BCUT2D eigenvalue weighted by Gasteiger charge is -2.23. The number of nitrogens with two attached hydrogens (primary N) is 1. The van der Waals surface area contributed by atoms with E-state index in [-0.39, 0.29) is 17.5 Å². The Morgan fingerprint density at radius 1 is 1.38 bits per heavy atom. The molecule has 0 amide bonds. The molecule has 0 unspecified atom stereocenters. The molecule has 0 spiro atoms. The zero-order valence-corrected chi connectivity index (χ0v) is 12.9. The van der Waals surface area contributed by atoms with E-state index in [4.69, 9.17) is 10.5 Å². The van der Waals surface area contributed by atoms with E-state index in [1.807, 2.05) is 0 Å². The third-order valence-corrected chi connectivity index (χ3v) is 5.02. The quantitative estimate of drug-likeness (QED) is 0.808. The number of sulfonamides is 1. The summed E-state index contributed by atoms with van der Waals surface area (Å²) in [6.07, 6.45) is 1.40. The molecule has 0 atom stereocenters. The van der Waals surface area contributed by atoms with Crippen LogP contribution in [-0.4, -0.2) is 34.2 Å². The molecular formula is C15H20N2O3S. The Bertz CT molecular complexity index is 653. The molecule has 1 aliphatic rings. The van der Waals surface area contributed by atoms with Crippen molar-refractivity contribution in [2.75, 3.05) is 19.8 Å². The standard InChI is InChI=1S/C15H20N2O3S/c1-12-4-5-13(3-2-8-16)11-15(12)21(18,19)17-14-6-9-20-10-7-14/h4-5,11,14,17H,6-10,16H2,1H3. The van der Waals surface area contributed by atoms with E-state index < -0.39 is 10.0 Å². The van der Waals surface area contributed by atoms with E-state index in [9.17, 15) is 8.42 Å². The Morgan fingerprint density at radius 2 is 2.10 bits per heavy atom. The minimum Gasteiger partial charge on any atom is -0.381 e. The second-order valence-electron chi connectivity index (χ2n) is 4.99. The molecule has 1 saturated heterocycles. The summed E-state index contributed by atoms with van der Waals surface area (Å²) in [6.45, 7) is 3.21. The van der Waals surface area contributed by atoms with Gasteiger partial charge < -0.3 is 10.5 Å². The SMILES string of the molecule is Cc1ccc(C#CCN)cc1S(=O)(=O)NC1CCOCC1. The second kappa shape index (κ2) is 7.05. The predicted octanol–water partition coefficient (Wildman–Crippen LogP) is 0.763. The summed E-state index contributed by atoms with van der Waals surface area (Å²) in [5.41, 5.74) is 6.69. The third kappa shape index (κ3) is 4.29. The average Bonchev–Trinajstić information content (AvgIpc) is 2.47. The molecule has 1 fully saturated rings. The van der Waals surface area contributed by atoms with Gasteiger partial charge in [0.15, 0.2) is 0 Å². The van der Waals surface area contributed by atoms with E-state index >= 15 is 0 Å². The number of nitrogens with one attached hydrogen (secondary N) is 1. The Hall–Kier alpha value is -1.39. The van der Waals surface area contributed by atoms with Gasteiger partial charge in [-0.15, -0.1) is 0 Å². The minimum atomic E-state index is -3.54. The normalized spacial score (nSPS) is 16.3. The smallest absolute Gasteiger partial charge is 0.241 e. The van der Waals surface area contributed by atoms with Gasteiger partial charge in [-0.2, -0.15) is 0 Å². The zero-order chi connectivity index (χ0) is 15.3. The first-order valence-corrected chi connectivity index (χ1v) is 8.41. The number of rotatable bonds is 3. The zero-order valence-electron chi connectivity index (χ0n) is 12.1. The Labute approximate surface area is 125 Å². The van der Waals surface area contributed by atoms with Crippen molar-refractivity contribution >= 4 is 10.0 Å². The lowest BCUT2D eigenvalue weighted by Crippen LogP contribution is -2.39. The second-order valence-corrected chi connectivity index (χ2v) is 6.68. The number of hydrogen-bond acceptors (Lipinski definition) is 4. The molecule has 21 heavy (non-hydrogen) atoms. The highest BCUT2D eigenvalue weighted by Gasteiger charge is 2.23. The first-order valence-electron chi connectivity index (χ1n) is 6.92. The van der Waals surface area contributed by atoms with Crippen LogP contribution in [-0.2, 0) is 14.8 Å². The van der Waals surface area contributed by atoms with Crippen molar-refractivity contribution in [1.82, 2.24) is 4.72 Å². The van der Waals surface area contributed by atoms with Crippen LogP contribution in [0.1, 0.15) is 24.0 Å². The first kappa shape index (κ1) is 16.0. The fraction of sp³-hybridized carbons (Fsp3) is 0.467.